The van der Waals surface area contributed by atoms with E-state index in [9.17, 15) is 4.79 Å². The molecule has 1 saturated heterocycles. The second-order valence-electron chi connectivity index (χ2n) is 4.85. The Morgan fingerprint density at radius 1 is 1.58 bits per heavy atom. The normalized spacial score (nSPS) is 21.5. The number of hydrogen-bond donors (Lipinski definition) is 1. The van der Waals surface area contributed by atoms with Gasteiger partial charge in [0, 0.05) is 25.5 Å². The number of rotatable bonds is 2. The smallest absolute Gasteiger partial charge is 0.255 e. The van der Waals surface area contributed by atoms with Crippen molar-refractivity contribution in [2.24, 2.45) is 11.1 Å². The number of amides is 1. The fourth-order valence-corrected chi connectivity index (χ4v) is 2.28. The summed E-state index contributed by atoms with van der Waals surface area (Å²) in [5, 5.41) is 0.402. The van der Waals surface area contributed by atoms with Gasteiger partial charge in [-0.3, -0.25) is 9.78 Å². The molecule has 2 N–H and O–H groups in total. The number of nitrogens with zero attached hydrogens (tertiary/aromatic N) is 2. The van der Waals surface area contributed by atoms with Crippen molar-refractivity contribution in [3.8, 4) is 0 Å². The van der Waals surface area contributed by atoms with Crippen LogP contribution in [0.15, 0.2) is 18.5 Å². The largest absolute Gasteiger partial charge is 0.338 e. The van der Waals surface area contributed by atoms with Gasteiger partial charge in [0.25, 0.3) is 5.91 Å². The lowest BCUT2D eigenvalue weighted by Gasteiger charge is -2.22. The van der Waals surface area contributed by atoms with Gasteiger partial charge in [-0.1, -0.05) is 18.5 Å². The molecule has 1 fully saturated rings. The molecule has 7 heteroatoms. The number of halogens is 3. The minimum atomic E-state index is -0.0328. The topological polar surface area (TPSA) is 59.2 Å². The van der Waals surface area contributed by atoms with Gasteiger partial charge in [0.05, 0.1) is 10.6 Å². The summed E-state index contributed by atoms with van der Waals surface area (Å²) < 4.78 is 0. The van der Waals surface area contributed by atoms with E-state index in [2.05, 4.69) is 11.9 Å². The SMILES string of the molecule is CC1(CN)CCN(C(=O)c2ccncc2Cl)C1.Cl.Cl. The van der Waals surface area contributed by atoms with E-state index >= 15 is 0 Å². The first-order valence-corrected chi connectivity index (χ1v) is 6.02. The third-order valence-corrected chi connectivity index (χ3v) is 3.64. The van der Waals surface area contributed by atoms with Crippen molar-refractivity contribution in [2.75, 3.05) is 19.6 Å². The monoisotopic (exact) mass is 325 g/mol. The van der Waals surface area contributed by atoms with Gasteiger partial charge in [0.15, 0.2) is 0 Å². The second kappa shape index (κ2) is 7.29. The van der Waals surface area contributed by atoms with E-state index in [-0.39, 0.29) is 36.1 Å². The van der Waals surface area contributed by atoms with E-state index in [1.807, 2.05) is 4.90 Å². The molecule has 1 atom stereocenters. The van der Waals surface area contributed by atoms with Crippen molar-refractivity contribution in [1.29, 1.82) is 0 Å². The van der Waals surface area contributed by atoms with Crippen LogP contribution in [0.5, 0.6) is 0 Å². The molecule has 1 aromatic heterocycles. The Bertz CT molecular complexity index is 444. The molecule has 4 nitrogen and oxygen atoms in total. The lowest BCUT2D eigenvalue weighted by molar-refractivity contribution is 0.0777. The molecular weight excluding hydrogens is 309 g/mol. The van der Waals surface area contributed by atoms with Crippen molar-refractivity contribution in [2.45, 2.75) is 13.3 Å². The molecular formula is C12H18Cl3N3O. The summed E-state index contributed by atoms with van der Waals surface area (Å²) in [4.78, 5) is 17.9. The Hall–Kier alpha value is -0.550. The predicted octanol–water partition coefficient (Wildman–Crippen LogP) is 2.39. The molecule has 0 spiro atoms. The van der Waals surface area contributed by atoms with Crippen LogP contribution >= 0.6 is 36.4 Å². The fourth-order valence-electron chi connectivity index (χ4n) is 2.08. The minimum Gasteiger partial charge on any atom is -0.338 e. The second-order valence-corrected chi connectivity index (χ2v) is 5.25. The van der Waals surface area contributed by atoms with Crippen LogP contribution in [0.25, 0.3) is 0 Å². The van der Waals surface area contributed by atoms with Gasteiger partial charge in [-0.15, -0.1) is 24.8 Å². The highest BCUT2D eigenvalue weighted by molar-refractivity contribution is 6.33. The summed E-state index contributed by atoms with van der Waals surface area (Å²) in [5.41, 5.74) is 6.28. The molecule has 0 saturated carbocycles. The number of nitrogens with two attached hydrogens (primary N) is 1. The molecule has 19 heavy (non-hydrogen) atoms. The van der Waals surface area contributed by atoms with Gasteiger partial charge in [-0.25, -0.2) is 0 Å². The molecule has 1 aliphatic heterocycles. The standard InChI is InChI=1S/C12H16ClN3O.2ClH/c1-12(7-14)3-5-16(8-12)11(17)9-2-4-15-6-10(9)13;;/h2,4,6H,3,5,7-8,14H2,1H3;2*1H. The lowest BCUT2D eigenvalue weighted by Crippen LogP contribution is -2.34. The van der Waals surface area contributed by atoms with E-state index < -0.39 is 0 Å². The van der Waals surface area contributed by atoms with Crippen LogP contribution < -0.4 is 5.73 Å². The average molecular weight is 327 g/mol. The Morgan fingerprint density at radius 2 is 2.26 bits per heavy atom. The number of likely N-dealkylation sites (tertiary alicyclic amines) is 1. The van der Waals surface area contributed by atoms with E-state index in [4.69, 9.17) is 17.3 Å². The Labute approximate surface area is 130 Å². The zero-order valence-electron chi connectivity index (χ0n) is 10.6. The maximum Gasteiger partial charge on any atom is 0.255 e. The summed E-state index contributed by atoms with van der Waals surface area (Å²) in [6.45, 7) is 4.14. The van der Waals surface area contributed by atoms with E-state index in [1.54, 1.807) is 12.3 Å². The van der Waals surface area contributed by atoms with Gasteiger partial charge < -0.3 is 10.6 Å². The number of carbonyl (C=O) groups excluding carboxylic acids is 1. The molecule has 108 valence electrons. The van der Waals surface area contributed by atoms with Gasteiger partial charge in [0.2, 0.25) is 0 Å². The zero-order valence-corrected chi connectivity index (χ0v) is 13.0. The summed E-state index contributed by atoms with van der Waals surface area (Å²) >= 11 is 5.97. The third kappa shape index (κ3) is 3.96. The Balaban J connectivity index is 0.00000162. The highest BCUT2D eigenvalue weighted by Crippen LogP contribution is 2.30. The molecule has 1 amide bonds. The summed E-state index contributed by atoms with van der Waals surface area (Å²) in [6.07, 6.45) is 4.02. The van der Waals surface area contributed by atoms with Gasteiger partial charge in [-0.2, -0.15) is 0 Å². The molecule has 0 aliphatic carbocycles. The maximum absolute atomic E-state index is 12.2. The van der Waals surface area contributed by atoms with Crippen molar-refractivity contribution < 1.29 is 4.79 Å². The van der Waals surface area contributed by atoms with Crippen LogP contribution in [0.3, 0.4) is 0 Å². The summed E-state index contributed by atoms with van der Waals surface area (Å²) in [6, 6.07) is 1.66. The average Bonchev–Trinajstić information content (AvgIpc) is 2.73. The molecule has 2 heterocycles. The molecule has 1 aliphatic rings. The first-order chi connectivity index (χ1) is 8.06. The molecule has 0 radical (unpaired) electrons. The molecule has 0 aromatic carbocycles. The number of carbonyl (C=O) groups is 1. The van der Waals surface area contributed by atoms with Crippen LogP contribution in [0.2, 0.25) is 5.02 Å². The quantitative estimate of drug-likeness (QED) is 0.908. The van der Waals surface area contributed by atoms with Crippen LogP contribution in [0.4, 0.5) is 0 Å². The molecule has 0 bridgehead atoms. The third-order valence-electron chi connectivity index (χ3n) is 3.34. The van der Waals surface area contributed by atoms with Crippen LogP contribution in [-0.4, -0.2) is 35.4 Å². The summed E-state index contributed by atoms with van der Waals surface area (Å²) in [7, 11) is 0. The van der Waals surface area contributed by atoms with E-state index in [0.29, 0.717) is 23.7 Å². The highest BCUT2D eigenvalue weighted by atomic mass is 35.5. The number of hydrogen-bond acceptors (Lipinski definition) is 3. The fraction of sp³-hybridized carbons (Fsp3) is 0.500. The molecule has 1 aromatic rings. The highest BCUT2D eigenvalue weighted by Gasteiger charge is 2.35. The van der Waals surface area contributed by atoms with Crippen molar-refractivity contribution in [3.63, 3.8) is 0 Å². The predicted molar refractivity (Wildman–Crippen MR) is 81.4 cm³/mol. The zero-order chi connectivity index (χ0) is 12.5. The number of pyridine rings is 1. The van der Waals surface area contributed by atoms with Gasteiger partial charge in [0.1, 0.15) is 0 Å². The van der Waals surface area contributed by atoms with Crippen LogP contribution in [0, 0.1) is 5.41 Å². The first kappa shape index (κ1) is 18.4. The first-order valence-electron chi connectivity index (χ1n) is 5.65. The van der Waals surface area contributed by atoms with Gasteiger partial charge in [-0.05, 0) is 24.4 Å². The van der Waals surface area contributed by atoms with Crippen molar-refractivity contribution >= 4 is 42.3 Å². The molecule has 2 rings (SSSR count). The van der Waals surface area contributed by atoms with E-state index in [0.717, 1.165) is 13.0 Å². The van der Waals surface area contributed by atoms with Crippen molar-refractivity contribution in [1.82, 2.24) is 9.88 Å². The Morgan fingerprint density at radius 3 is 2.79 bits per heavy atom. The summed E-state index contributed by atoms with van der Waals surface area (Å²) in [5.74, 6) is -0.0328. The maximum atomic E-state index is 12.2. The number of aromatic nitrogens is 1. The Kier molecular flexibility index (Phi) is 7.08. The minimum absolute atomic E-state index is 0. The van der Waals surface area contributed by atoms with Crippen LogP contribution in [-0.2, 0) is 0 Å². The van der Waals surface area contributed by atoms with Gasteiger partial charge >= 0.3 is 0 Å². The van der Waals surface area contributed by atoms with Crippen molar-refractivity contribution in [3.05, 3.63) is 29.0 Å². The van der Waals surface area contributed by atoms with Crippen LogP contribution in [0.1, 0.15) is 23.7 Å². The van der Waals surface area contributed by atoms with E-state index in [1.165, 1.54) is 6.20 Å². The lowest BCUT2D eigenvalue weighted by atomic mass is 9.90. The molecule has 1 unspecified atom stereocenters.